The van der Waals surface area contributed by atoms with Gasteiger partial charge in [-0.05, 0) is 43.9 Å². The Hall–Kier alpha value is -2.97. The predicted molar refractivity (Wildman–Crippen MR) is 118 cm³/mol. The molecule has 1 N–H and O–H groups in total. The van der Waals surface area contributed by atoms with Gasteiger partial charge < -0.3 is 4.57 Å². The highest BCUT2D eigenvalue weighted by atomic mass is 32.2. The van der Waals surface area contributed by atoms with Gasteiger partial charge in [-0.3, -0.25) is 4.98 Å². The summed E-state index contributed by atoms with van der Waals surface area (Å²) in [5.41, 5.74) is 1.15. The lowest BCUT2D eigenvalue weighted by Crippen LogP contribution is -2.37. The van der Waals surface area contributed by atoms with Gasteiger partial charge in [0.15, 0.2) is 0 Å². The van der Waals surface area contributed by atoms with Crippen LogP contribution < -0.4 is 4.72 Å². The number of benzene rings is 1. The van der Waals surface area contributed by atoms with E-state index in [4.69, 9.17) is 0 Å². The lowest BCUT2D eigenvalue weighted by Gasteiger charge is -2.18. The van der Waals surface area contributed by atoms with Crippen LogP contribution in [0.25, 0.3) is 22.3 Å². The van der Waals surface area contributed by atoms with Crippen molar-refractivity contribution in [3.8, 4) is 17.5 Å². The predicted octanol–water partition coefficient (Wildman–Crippen LogP) is 4.67. The van der Waals surface area contributed by atoms with Crippen LogP contribution in [0.3, 0.4) is 0 Å². The molecule has 11 heteroatoms. The van der Waals surface area contributed by atoms with Gasteiger partial charge in [0.05, 0.1) is 28.5 Å². The van der Waals surface area contributed by atoms with Crippen molar-refractivity contribution in [3.63, 3.8) is 0 Å². The topological polar surface area (TPSA) is 87.8 Å². The van der Waals surface area contributed by atoms with Crippen LogP contribution in [-0.4, -0.2) is 43.5 Å². The van der Waals surface area contributed by atoms with Gasteiger partial charge in [0.1, 0.15) is 36.3 Å². The van der Waals surface area contributed by atoms with Crippen molar-refractivity contribution in [2.45, 2.75) is 49.3 Å². The van der Waals surface area contributed by atoms with E-state index in [1.165, 1.54) is 12.1 Å². The van der Waals surface area contributed by atoms with E-state index in [2.05, 4.69) is 11.1 Å². The molecule has 4 rings (SSSR count). The number of hydrogen-bond acceptors (Lipinski definition) is 4. The molecule has 2 unspecified atom stereocenters. The van der Waals surface area contributed by atoms with Crippen molar-refractivity contribution in [3.05, 3.63) is 47.4 Å². The molecule has 1 aliphatic rings. The molecule has 0 bridgehead atoms. The van der Waals surface area contributed by atoms with Gasteiger partial charge in [-0.25, -0.2) is 30.7 Å². The van der Waals surface area contributed by atoms with Gasteiger partial charge in [-0.1, -0.05) is 12.1 Å². The summed E-state index contributed by atoms with van der Waals surface area (Å²) in [4.78, 5) is 3.86. The summed E-state index contributed by atoms with van der Waals surface area (Å²) < 4.78 is 83.3. The zero-order chi connectivity index (χ0) is 24.6. The van der Waals surface area contributed by atoms with Crippen LogP contribution in [0.4, 0.5) is 17.6 Å². The Labute approximate surface area is 194 Å². The van der Waals surface area contributed by atoms with Crippen LogP contribution in [0, 0.1) is 24.1 Å². The van der Waals surface area contributed by atoms with Crippen LogP contribution in [0.15, 0.2) is 35.4 Å². The summed E-state index contributed by atoms with van der Waals surface area (Å²) in [6.45, 7) is -0.832. The number of nitriles is 1. The Kier molecular flexibility index (Phi) is 6.64. The number of alkyl halides is 3. The van der Waals surface area contributed by atoms with Gasteiger partial charge in [-0.15, -0.1) is 0 Å². The van der Waals surface area contributed by atoms with Gasteiger partial charge in [-0.2, -0.15) is 5.26 Å². The van der Waals surface area contributed by atoms with Crippen LogP contribution in [0.1, 0.15) is 36.4 Å². The fourth-order valence-electron chi connectivity index (χ4n) is 4.40. The summed E-state index contributed by atoms with van der Waals surface area (Å²) in [5, 5.41) is 10.3. The second kappa shape index (κ2) is 9.35. The van der Waals surface area contributed by atoms with Crippen LogP contribution in [-0.2, 0) is 10.0 Å². The lowest BCUT2D eigenvalue weighted by molar-refractivity contribution is 0.331. The third-order valence-electron chi connectivity index (χ3n) is 6.10. The molecule has 6 nitrogen and oxygen atoms in total. The highest BCUT2D eigenvalue weighted by Gasteiger charge is 2.32. The molecule has 2 aromatic heterocycles. The number of aryl methyl sites for hydroxylation is 1. The lowest BCUT2D eigenvalue weighted by atomic mass is 10.1. The molecule has 3 aromatic rings. The highest BCUT2D eigenvalue weighted by molar-refractivity contribution is 7.89. The quantitative estimate of drug-likeness (QED) is 0.484. The van der Waals surface area contributed by atoms with E-state index in [-0.39, 0.29) is 33.8 Å². The fourth-order valence-corrected chi connectivity index (χ4v) is 5.54. The largest absolute Gasteiger partial charge is 0.332 e. The van der Waals surface area contributed by atoms with E-state index in [0.717, 1.165) is 6.20 Å². The van der Waals surface area contributed by atoms with E-state index in [0.29, 0.717) is 23.8 Å². The normalized spacial score (nSPS) is 18.6. The minimum Gasteiger partial charge on any atom is -0.332 e. The molecule has 1 aromatic carbocycles. The molecule has 34 heavy (non-hydrogen) atoms. The van der Waals surface area contributed by atoms with Crippen molar-refractivity contribution in [1.82, 2.24) is 14.3 Å². The average Bonchev–Trinajstić information content (AvgIpc) is 3.40. The van der Waals surface area contributed by atoms with Crippen molar-refractivity contribution in [1.29, 1.82) is 5.26 Å². The minimum atomic E-state index is -4.24. The molecular weight excluding hydrogens is 472 g/mol. The standard InChI is InChI=1S/C23H22F4N4O2S/c1-13-2-6-18-19(11-28)22(31(23(18)21(13)27)16-4-3-14(26)8-16)20-7-5-17(12-29-20)34(32,33)30-15(9-24)10-25/h2,5-7,12,14-16,30H,3-4,8-10H2,1H3. The zero-order valence-electron chi connectivity index (χ0n) is 18.2. The van der Waals surface area contributed by atoms with Crippen LogP contribution in [0.5, 0.6) is 0 Å². The Morgan fingerprint density at radius 1 is 1.24 bits per heavy atom. The number of pyridine rings is 1. The monoisotopic (exact) mass is 494 g/mol. The highest BCUT2D eigenvalue weighted by Crippen LogP contribution is 2.42. The molecule has 1 aliphatic carbocycles. The van der Waals surface area contributed by atoms with Crippen LogP contribution >= 0.6 is 0 Å². The Balaban J connectivity index is 1.88. The summed E-state index contributed by atoms with van der Waals surface area (Å²) in [6.07, 6.45) is 0.848. The average molecular weight is 495 g/mol. The number of halogens is 4. The van der Waals surface area contributed by atoms with Gasteiger partial charge >= 0.3 is 0 Å². The number of rotatable bonds is 7. The SMILES string of the molecule is Cc1ccc2c(C#N)c(-c3ccc(S(=O)(=O)NC(CF)CF)cn3)n(C3CCC(F)C3)c2c1F. The van der Waals surface area contributed by atoms with E-state index in [9.17, 15) is 26.9 Å². The smallest absolute Gasteiger partial charge is 0.242 e. The summed E-state index contributed by atoms with van der Waals surface area (Å²) in [6, 6.07) is 5.88. The molecule has 0 amide bonds. The maximum Gasteiger partial charge on any atom is 0.242 e. The van der Waals surface area contributed by atoms with Crippen molar-refractivity contribution in [2.75, 3.05) is 13.3 Å². The maximum absolute atomic E-state index is 15.3. The number of nitrogens with one attached hydrogen (secondary N) is 1. The number of aromatic nitrogens is 2. The first-order valence-corrected chi connectivity index (χ1v) is 12.2. The Morgan fingerprint density at radius 2 is 1.97 bits per heavy atom. The molecule has 180 valence electrons. The second-order valence-electron chi connectivity index (χ2n) is 8.37. The second-order valence-corrected chi connectivity index (χ2v) is 10.1. The number of sulfonamides is 1. The fraction of sp³-hybridized carbons (Fsp3) is 0.391. The molecule has 1 saturated carbocycles. The third-order valence-corrected chi connectivity index (χ3v) is 7.60. The summed E-state index contributed by atoms with van der Waals surface area (Å²) >= 11 is 0. The first-order valence-electron chi connectivity index (χ1n) is 10.7. The number of hydrogen-bond donors (Lipinski definition) is 1. The van der Waals surface area contributed by atoms with Crippen molar-refractivity contribution < 1.29 is 26.0 Å². The van der Waals surface area contributed by atoms with Gasteiger partial charge in [0.2, 0.25) is 10.0 Å². The minimum absolute atomic E-state index is 0.146. The summed E-state index contributed by atoms with van der Waals surface area (Å²) in [7, 11) is -4.24. The summed E-state index contributed by atoms with van der Waals surface area (Å²) in [5.74, 6) is -0.519. The molecule has 2 atom stereocenters. The molecule has 0 aliphatic heterocycles. The molecule has 2 heterocycles. The van der Waals surface area contributed by atoms with Gasteiger partial charge in [0.25, 0.3) is 0 Å². The van der Waals surface area contributed by atoms with E-state index < -0.39 is 47.4 Å². The first kappa shape index (κ1) is 24.2. The number of fused-ring (bicyclic) bond motifs is 1. The molecule has 1 fully saturated rings. The number of nitrogens with zero attached hydrogens (tertiary/aromatic N) is 3. The van der Waals surface area contributed by atoms with Crippen LogP contribution in [0.2, 0.25) is 0 Å². The van der Waals surface area contributed by atoms with E-state index >= 15 is 4.39 Å². The third kappa shape index (κ3) is 4.16. The molecule has 0 saturated heterocycles. The Bertz CT molecular complexity index is 1360. The molecule has 0 spiro atoms. The van der Waals surface area contributed by atoms with Crippen molar-refractivity contribution >= 4 is 20.9 Å². The Morgan fingerprint density at radius 3 is 2.53 bits per heavy atom. The molecular formula is C23H22F4N4O2S. The van der Waals surface area contributed by atoms with Crippen molar-refractivity contribution in [2.24, 2.45) is 0 Å². The zero-order valence-corrected chi connectivity index (χ0v) is 19.0. The molecule has 0 radical (unpaired) electrons. The first-order chi connectivity index (χ1) is 16.2. The van der Waals surface area contributed by atoms with E-state index in [1.807, 2.05) is 4.72 Å². The maximum atomic E-state index is 15.3. The van der Waals surface area contributed by atoms with Gasteiger partial charge in [0, 0.05) is 17.6 Å². The van der Waals surface area contributed by atoms with E-state index in [1.54, 1.807) is 23.6 Å².